The fourth-order valence-corrected chi connectivity index (χ4v) is 2.84. The summed E-state index contributed by atoms with van der Waals surface area (Å²) in [7, 11) is 0. The minimum absolute atomic E-state index is 0.0978. The van der Waals surface area contributed by atoms with Crippen LogP contribution in [0.5, 0.6) is 0 Å². The van der Waals surface area contributed by atoms with Crippen molar-refractivity contribution in [2.24, 2.45) is 5.10 Å². The van der Waals surface area contributed by atoms with E-state index in [-0.39, 0.29) is 16.8 Å². The normalized spacial score (nSPS) is 10.7. The van der Waals surface area contributed by atoms with Crippen molar-refractivity contribution >= 4 is 35.3 Å². The molecule has 2 aromatic carbocycles. The lowest BCUT2D eigenvalue weighted by Crippen LogP contribution is -2.31. The fraction of sp³-hybridized carbons (Fsp3) is 0.0500. The van der Waals surface area contributed by atoms with Crippen LogP contribution in [-0.4, -0.2) is 21.9 Å². The molecule has 0 saturated carbocycles. The number of halogens is 2. The van der Waals surface area contributed by atoms with Crippen LogP contribution in [0.4, 0.5) is 0 Å². The Bertz CT molecular complexity index is 1210. The maximum Gasteiger partial charge on any atom is 0.292 e. The molecule has 0 bridgehead atoms. The monoisotopic (exact) mass is 425 g/mol. The molecular formula is C20H13Cl2N5O2. The number of nitriles is 1. The number of hydrazone groups is 1. The third-order valence-electron chi connectivity index (χ3n) is 3.96. The maximum atomic E-state index is 12.6. The Morgan fingerprint density at radius 1 is 1.21 bits per heavy atom. The lowest BCUT2D eigenvalue weighted by molar-refractivity contribution is 0.0947. The Balaban J connectivity index is 1.96. The number of carbonyl (C=O) groups excluding carboxylic acids is 1. The molecule has 0 spiro atoms. The van der Waals surface area contributed by atoms with Crippen LogP contribution in [0.1, 0.15) is 27.2 Å². The van der Waals surface area contributed by atoms with Crippen LogP contribution in [0.25, 0.3) is 5.69 Å². The Kier molecular flexibility index (Phi) is 6.07. The first-order valence-electron chi connectivity index (χ1n) is 8.29. The summed E-state index contributed by atoms with van der Waals surface area (Å²) in [4.78, 5) is 25.2. The van der Waals surface area contributed by atoms with Crippen molar-refractivity contribution in [3.63, 3.8) is 0 Å². The van der Waals surface area contributed by atoms with Gasteiger partial charge in [0.1, 0.15) is 11.6 Å². The summed E-state index contributed by atoms with van der Waals surface area (Å²) in [6.07, 6.45) is 1.42. The molecule has 0 aliphatic rings. The van der Waals surface area contributed by atoms with E-state index in [0.29, 0.717) is 21.3 Å². The number of benzene rings is 2. The molecule has 1 aromatic heterocycles. The molecule has 1 amide bonds. The first kappa shape index (κ1) is 20.3. The minimum Gasteiger partial charge on any atom is -0.266 e. The molecule has 0 atom stereocenters. The number of amides is 1. The maximum absolute atomic E-state index is 12.6. The summed E-state index contributed by atoms with van der Waals surface area (Å²) >= 11 is 11.8. The van der Waals surface area contributed by atoms with E-state index in [9.17, 15) is 14.9 Å². The van der Waals surface area contributed by atoms with Gasteiger partial charge in [0.15, 0.2) is 5.69 Å². The lowest BCUT2D eigenvalue weighted by atomic mass is 10.1. The van der Waals surface area contributed by atoms with Crippen molar-refractivity contribution in [1.29, 1.82) is 5.26 Å². The second-order valence-corrected chi connectivity index (χ2v) is 6.78. The van der Waals surface area contributed by atoms with Gasteiger partial charge in [0.25, 0.3) is 11.5 Å². The molecule has 144 valence electrons. The van der Waals surface area contributed by atoms with Crippen molar-refractivity contribution in [2.45, 2.75) is 6.92 Å². The van der Waals surface area contributed by atoms with Gasteiger partial charge in [-0.25, -0.2) is 5.43 Å². The minimum atomic E-state index is -0.667. The predicted molar refractivity (Wildman–Crippen MR) is 111 cm³/mol. The standard InChI is InChI=1S/C20H13Cl2N5O2/c1-12-17(10-23)20(29)27(16-7-5-14(21)6-8-16)26-18(12)19(28)25-24-11-13-3-2-4-15(22)9-13/h2-9,11H,1H3,(H,25,28)/b24-11+. The highest BCUT2D eigenvalue weighted by molar-refractivity contribution is 6.31. The summed E-state index contributed by atoms with van der Waals surface area (Å²) in [6, 6.07) is 15.0. The first-order chi connectivity index (χ1) is 13.9. The summed E-state index contributed by atoms with van der Waals surface area (Å²) in [5.74, 6) is -0.667. The zero-order valence-corrected chi connectivity index (χ0v) is 16.6. The SMILES string of the molecule is Cc1c(C(=O)N/N=C/c2cccc(Cl)c2)nn(-c2ccc(Cl)cc2)c(=O)c1C#N. The van der Waals surface area contributed by atoms with Gasteiger partial charge in [-0.3, -0.25) is 9.59 Å². The van der Waals surface area contributed by atoms with Gasteiger partial charge in [0, 0.05) is 15.6 Å². The van der Waals surface area contributed by atoms with E-state index in [1.807, 2.05) is 6.07 Å². The van der Waals surface area contributed by atoms with E-state index in [2.05, 4.69) is 15.6 Å². The number of rotatable bonds is 4. The van der Waals surface area contributed by atoms with Gasteiger partial charge in [0.05, 0.1) is 11.9 Å². The van der Waals surface area contributed by atoms with Gasteiger partial charge in [-0.1, -0.05) is 35.3 Å². The number of aromatic nitrogens is 2. The third kappa shape index (κ3) is 4.51. The molecule has 9 heteroatoms. The highest BCUT2D eigenvalue weighted by atomic mass is 35.5. The summed E-state index contributed by atoms with van der Waals surface area (Å²) < 4.78 is 0.984. The number of hydrogen-bond acceptors (Lipinski definition) is 5. The smallest absolute Gasteiger partial charge is 0.266 e. The van der Waals surface area contributed by atoms with Crippen LogP contribution < -0.4 is 11.0 Å². The molecule has 1 heterocycles. The van der Waals surface area contributed by atoms with E-state index >= 15 is 0 Å². The predicted octanol–water partition coefficient (Wildman–Crippen LogP) is 3.48. The van der Waals surface area contributed by atoms with Crippen LogP contribution in [-0.2, 0) is 0 Å². The molecule has 0 saturated heterocycles. The van der Waals surface area contributed by atoms with Crippen LogP contribution >= 0.6 is 23.2 Å². The van der Waals surface area contributed by atoms with E-state index in [1.54, 1.807) is 48.5 Å². The van der Waals surface area contributed by atoms with Gasteiger partial charge in [-0.15, -0.1) is 0 Å². The molecule has 29 heavy (non-hydrogen) atoms. The van der Waals surface area contributed by atoms with Crippen molar-refractivity contribution in [3.05, 3.63) is 91.3 Å². The average Bonchev–Trinajstić information content (AvgIpc) is 2.69. The van der Waals surface area contributed by atoms with Crippen molar-refractivity contribution in [3.8, 4) is 11.8 Å². The zero-order chi connectivity index (χ0) is 21.0. The Morgan fingerprint density at radius 2 is 1.93 bits per heavy atom. The number of carbonyl (C=O) groups is 1. The van der Waals surface area contributed by atoms with E-state index in [4.69, 9.17) is 23.2 Å². The van der Waals surface area contributed by atoms with Crippen LogP contribution in [0.2, 0.25) is 10.0 Å². The number of hydrogen-bond donors (Lipinski definition) is 1. The van der Waals surface area contributed by atoms with E-state index in [0.717, 1.165) is 4.68 Å². The van der Waals surface area contributed by atoms with Crippen molar-refractivity contribution < 1.29 is 4.79 Å². The van der Waals surface area contributed by atoms with E-state index < -0.39 is 11.5 Å². The molecule has 1 N–H and O–H groups in total. The Morgan fingerprint density at radius 3 is 2.59 bits per heavy atom. The molecule has 0 aliphatic heterocycles. The third-order valence-corrected chi connectivity index (χ3v) is 4.45. The van der Waals surface area contributed by atoms with E-state index in [1.165, 1.54) is 13.1 Å². The molecule has 7 nitrogen and oxygen atoms in total. The van der Waals surface area contributed by atoms with Gasteiger partial charge < -0.3 is 0 Å². The summed E-state index contributed by atoms with van der Waals surface area (Å²) in [5, 5.41) is 18.4. The largest absolute Gasteiger partial charge is 0.292 e. The first-order valence-corrected chi connectivity index (χ1v) is 9.05. The fourth-order valence-electron chi connectivity index (χ4n) is 2.52. The molecule has 0 radical (unpaired) electrons. The Labute approximate surface area is 175 Å². The average molecular weight is 426 g/mol. The summed E-state index contributed by atoms with van der Waals surface area (Å²) in [6.45, 7) is 1.48. The summed E-state index contributed by atoms with van der Waals surface area (Å²) in [5.41, 5.74) is 2.65. The van der Waals surface area contributed by atoms with Gasteiger partial charge in [-0.05, 0) is 48.9 Å². The zero-order valence-electron chi connectivity index (χ0n) is 15.1. The molecule has 3 aromatic rings. The van der Waals surface area contributed by atoms with Gasteiger partial charge in [0.2, 0.25) is 0 Å². The van der Waals surface area contributed by atoms with Crippen LogP contribution in [0.3, 0.4) is 0 Å². The number of nitrogens with one attached hydrogen (secondary N) is 1. The van der Waals surface area contributed by atoms with Crippen LogP contribution in [0.15, 0.2) is 58.4 Å². The van der Waals surface area contributed by atoms with Crippen molar-refractivity contribution in [1.82, 2.24) is 15.2 Å². The molecule has 3 rings (SSSR count). The number of nitrogens with zero attached hydrogens (tertiary/aromatic N) is 4. The topological polar surface area (TPSA) is 100 Å². The van der Waals surface area contributed by atoms with Gasteiger partial charge in [-0.2, -0.15) is 20.1 Å². The van der Waals surface area contributed by atoms with Gasteiger partial charge >= 0.3 is 0 Å². The molecule has 0 fully saturated rings. The quantitative estimate of drug-likeness (QED) is 0.510. The second-order valence-electron chi connectivity index (χ2n) is 5.91. The lowest BCUT2D eigenvalue weighted by Gasteiger charge is -2.10. The Hall–Kier alpha value is -3.47. The molecule has 0 aliphatic carbocycles. The van der Waals surface area contributed by atoms with Crippen molar-refractivity contribution in [2.75, 3.05) is 0 Å². The highest BCUT2D eigenvalue weighted by Crippen LogP contribution is 2.14. The highest BCUT2D eigenvalue weighted by Gasteiger charge is 2.20. The molecular weight excluding hydrogens is 413 g/mol. The second kappa shape index (κ2) is 8.69. The van der Waals surface area contributed by atoms with Crippen LogP contribution in [0, 0.1) is 18.3 Å². The molecule has 0 unspecified atom stereocenters.